The summed E-state index contributed by atoms with van der Waals surface area (Å²) in [5.41, 5.74) is -0.471. The quantitative estimate of drug-likeness (QED) is 0.768. The topological polar surface area (TPSA) is 70.7 Å². The van der Waals surface area contributed by atoms with E-state index in [-0.39, 0.29) is 24.2 Å². The first-order valence-corrected chi connectivity index (χ1v) is 7.78. The Morgan fingerprint density at radius 2 is 2.10 bits per heavy atom. The number of piperidine rings is 1. The van der Waals surface area contributed by atoms with Gasteiger partial charge in [-0.1, -0.05) is 0 Å². The molecule has 21 heavy (non-hydrogen) atoms. The number of likely N-dealkylation sites (tertiary alicyclic amines) is 1. The molecule has 120 valence electrons. The van der Waals surface area contributed by atoms with Gasteiger partial charge in [0.15, 0.2) is 0 Å². The monoisotopic (exact) mass is 297 g/mol. The largest absolute Gasteiger partial charge is 0.444 e. The first kappa shape index (κ1) is 16.1. The molecule has 0 radical (unpaired) electrons. The summed E-state index contributed by atoms with van der Waals surface area (Å²) in [5.74, 6) is 0.389. The van der Waals surface area contributed by atoms with Crippen molar-refractivity contribution in [2.75, 3.05) is 13.1 Å². The number of nitrogens with zero attached hydrogens (tertiary/aromatic N) is 1. The third-order valence-corrected chi connectivity index (χ3v) is 3.93. The van der Waals surface area contributed by atoms with Gasteiger partial charge in [0, 0.05) is 25.6 Å². The van der Waals surface area contributed by atoms with Crippen LogP contribution in [0.15, 0.2) is 0 Å². The zero-order valence-corrected chi connectivity index (χ0v) is 13.4. The van der Waals surface area contributed by atoms with Gasteiger partial charge in [-0.05, 0) is 46.5 Å². The molecule has 2 heterocycles. The van der Waals surface area contributed by atoms with Crippen molar-refractivity contribution in [3.63, 3.8) is 0 Å². The number of carbonyl (C=O) groups excluding carboxylic acids is 2. The van der Waals surface area contributed by atoms with Crippen molar-refractivity contribution in [1.82, 2.24) is 15.5 Å². The van der Waals surface area contributed by atoms with Crippen LogP contribution in [0.25, 0.3) is 0 Å². The molecule has 2 amide bonds. The Labute approximate surface area is 126 Å². The Bertz CT molecular complexity index is 405. The molecule has 0 spiro atoms. The lowest BCUT2D eigenvalue weighted by atomic mass is 9.87. The van der Waals surface area contributed by atoms with Crippen LogP contribution in [-0.4, -0.2) is 47.8 Å². The van der Waals surface area contributed by atoms with E-state index < -0.39 is 5.60 Å². The van der Waals surface area contributed by atoms with Crippen LogP contribution in [0.3, 0.4) is 0 Å². The third-order valence-electron chi connectivity index (χ3n) is 3.93. The van der Waals surface area contributed by atoms with Crippen molar-refractivity contribution >= 4 is 12.0 Å². The molecular weight excluding hydrogens is 270 g/mol. The molecule has 2 saturated heterocycles. The van der Waals surface area contributed by atoms with Gasteiger partial charge in [0.05, 0.1) is 6.17 Å². The van der Waals surface area contributed by atoms with Crippen molar-refractivity contribution < 1.29 is 14.3 Å². The van der Waals surface area contributed by atoms with Gasteiger partial charge in [0.2, 0.25) is 5.91 Å². The lowest BCUT2D eigenvalue weighted by molar-refractivity contribution is -0.125. The lowest BCUT2D eigenvalue weighted by Crippen LogP contribution is -2.59. The minimum absolute atomic E-state index is 0.00634. The predicted molar refractivity (Wildman–Crippen MR) is 79.7 cm³/mol. The minimum Gasteiger partial charge on any atom is -0.444 e. The highest BCUT2D eigenvalue weighted by Crippen LogP contribution is 2.24. The molecule has 3 unspecified atom stereocenters. The molecule has 6 nitrogen and oxygen atoms in total. The van der Waals surface area contributed by atoms with Gasteiger partial charge >= 0.3 is 6.09 Å². The van der Waals surface area contributed by atoms with Gasteiger partial charge in [-0.3, -0.25) is 10.1 Å². The van der Waals surface area contributed by atoms with Crippen molar-refractivity contribution in [2.45, 2.75) is 64.8 Å². The number of nitrogens with one attached hydrogen (secondary N) is 2. The van der Waals surface area contributed by atoms with E-state index in [4.69, 9.17) is 4.74 Å². The van der Waals surface area contributed by atoms with Crippen LogP contribution in [0.4, 0.5) is 4.79 Å². The van der Waals surface area contributed by atoms with E-state index in [1.807, 2.05) is 27.7 Å². The highest BCUT2D eigenvalue weighted by atomic mass is 16.6. The van der Waals surface area contributed by atoms with E-state index >= 15 is 0 Å². The molecule has 2 aliphatic heterocycles. The Morgan fingerprint density at radius 3 is 2.71 bits per heavy atom. The summed E-state index contributed by atoms with van der Waals surface area (Å²) >= 11 is 0. The second-order valence-corrected chi connectivity index (χ2v) is 7.10. The summed E-state index contributed by atoms with van der Waals surface area (Å²) < 4.78 is 5.44. The molecular formula is C15H27N3O3. The van der Waals surface area contributed by atoms with Crippen LogP contribution < -0.4 is 10.6 Å². The smallest absolute Gasteiger partial charge is 0.410 e. The minimum atomic E-state index is -0.471. The maximum atomic E-state index is 12.2. The fourth-order valence-corrected chi connectivity index (χ4v) is 3.06. The van der Waals surface area contributed by atoms with Gasteiger partial charge in [-0.15, -0.1) is 0 Å². The third kappa shape index (κ3) is 4.59. The molecule has 0 bridgehead atoms. The van der Waals surface area contributed by atoms with E-state index in [0.717, 1.165) is 19.4 Å². The number of ether oxygens (including phenoxy) is 1. The second-order valence-electron chi connectivity index (χ2n) is 7.10. The van der Waals surface area contributed by atoms with Crippen LogP contribution in [0.5, 0.6) is 0 Å². The Balaban J connectivity index is 1.94. The molecule has 2 fully saturated rings. The van der Waals surface area contributed by atoms with Gasteiger partial charge < -0.3 is 15.0 Å². The number of hydrogen-bond acceptors (Lipinski definition) is 4. The zero-order valence-electron chi connectivity index (χ0n) is 13.4. The highest BCUT2D eigenvalue weighted by Gasteiger charge is 2.35. The molecule has 0 aliphatic carbocycles. The van der Waals surface area contributed by atoms with Crippen LogP contribution in [0, 0.1) is 5.92 Å². The van der Waals surface area contributed by atoms with Crippen molar-refractivity contribution in [3.05, 3.63) is 0 Å². The maximum absolute atomic E-state index is 12.2. The fourth-order valence-electron chi connectivity index (χ4n) is 3.06. The Morgan fingerprint density at radius 1 is 1.38 bits per heavy atom. The zero-order chi connectivity index (χ0) is 15.6. The number of hydrogen-bond donors (Lipinski definition) is 2. The molecule has 2 aliphatic rings. The maximum Gasteiger partial charge on any atom is 0.410 e. The Hall–Kier alpha value is -1.30. The first-order valence-electron chi connectivity index (χ1n) is 7.78. The molecule has 0 aromatic heterocycles. The van der Waals surface area contributed by atoms with Crippen LogP contribution >= 0.6 is 0 Å². The average Bonchev–Trinajstić information content (AvgIpc) is 2.36. The molecule has 6 heteroatoms. The first-order chi connectivity index (χ1) is 9.74. The van der Waals surface area contributed by atoms with Gasteiger partial charge in [0.1, 0.15) is 5.60 Å². The summed E-state index contributed by atoms with van der Waals surface area (Å²) in [5, 5.41) is 6.27. The lowest BCUT2D eigenvalue weighted by Gasteiger charge is -2.40. The predicted octanol–water partition coefficient (Wildman–Crippen LogP) is 1.46. The fraction of sp³-hybridized carbons (Fsp3) is 0.867. The summed E-state index contributed by atoms with van der Waals surface area (Å²) in [6.07, 6.45) is 2.22. The molecule has 2 N–H and O–H groups in total. The number of carbonyl (C=O) groups is 2. The van der Waals surface area contributed by atoms with Crippen molar-refractivity contribution in [3.8, 4) is 0 Å². The number of amides is 2. The van der Waals surface area contributed by atoms with Crippen molar-refractivity contribution in [1.29, 1.82) is 0 Å². The average molecular weight is 297 g/mol. The Kier molecular flexibility index (Phi) is 4.76. The molecule has 2 rings (SSSR count). The van der Waals surface area contributed by atoms with Crippen molar-refractivity contribution in [2.24, 2.45) is 5.92 Å². The van der Waals surface area contributed by atoms with Gasteiger partial charge in [-0.25, -0.2) is 4.79 Å². The van der Waals surface area contributed by atoms with E-state index in [1.165, 1.54) is 0 Å². The van der Waals surface area contributed by atoms with E-state index in [9.17, 15) is 9.59 Å². The highest BCUT2D eigenvalue weighted by molar-refractivity contribution is 5.77. The van der Waals surface area contributed by atoms with Crippen LogP contribution in [0.2, 0.25) is 0 Å². The van der Waals surface area contributed by atoms with Crippen LogP contribution in [-0.2, 0) is 9.53 Å². The summed E-state index contributed by atoms with van der Waals surface area (Å²) in [6.45, 7) is 8.97. The molecule has 3 atom stereocenters. The normalized spacial score (nSPS) is 30.8. The SMILES string of the molecule is CC1NC(=O)CC(C2CCCN(C(=O)OC(C)(C)C)C2)N1. The van der Waals surface area contributed by atoms with Gasteiger partial charge in [-0.2, -0.15) is 0 Å². The van der Waals surface area contributed by atoms with E-state index in [0.29, 0.717) is 18.9 Å². The van der Waals surface area contributed by atoms with Crippen LogP contribution in [0.1, 0.15) is 47.0 Å². The second kappa shape index (κ2) is 6.22. The van der Waals surface area contributed by atoms with E-state index in [2.05, 4.69) is 10.6 Å². The standard InChI is InChI=1S/C15H27N3O3/c1-10-16-12(8-13(19)17-10)11-6-5-7-18(9-11)14(20)21-15(2,3)4/h10-12,16H,5-9H2,1-4H3,(H,17,19). The summed E-state index contributed by atoms with van der Waals surface area (Å²) in [6, 6.07) is 0.138. The number of rotatable bonds is 1. The summed E-state index contributed by atoms with van der Waals surface area (Å²) in [7, 11) is 0. The molecule has 0 saturated carbocycles. The van der Waals surface area contributed by atoms with E-state index in [1.54, 1.807) is 4.90 Å². The summed E-state index contributed by atoms with van der Waals surface area (Å²) in [4.78, 5) is 25.6. The molecule has 0 aromatic carbocycles. The van der Waals surface area contributed by atoms with Gasteiger partial charge in [0.25, 0.3) is 0 Å². The molecule has 0 aromatic rings.